The van der Waals surface area contributed by atoms with Gasteiger partial charge in [-0.3, -0.25) is 4.79 Å². The number of nitrogens with zero attached hydrogens (tertiary/aromatic N) is 3. The summed E-state index contributed by atoms with van der Waals surface area (Å²) in [4.78, 5) is 12.1. The van der Waals surface area contributed by atoms with Crippen molar-refractivity contribution in [3.05, 3.63) is 24.3 Å². The SMILES string of the molecule is CCCCCC(C)NC(=O)CSc1nnc(-c2ccc(OCC)cc2)n1N. The Morgan fingerprint density at radius 1 is 1.26 bits per heavy atom. The third-order valence-electron chi connectivity index (χ3n) is 4.07. The Morgan fingerprint density at radius 3 is 2.67 bits per heavy atom. The molecule has 0 saturated heterocycles. The molecule has 1 unspecified atom stereocenters. The number of nitrogen functional groups attached to an aromatic ring is 1. The monoisotopic (exact) mass is 391 g/mol. The number of thioether (sulfide) groups is 1. The summed E-state index contributed by atoms with van der Waals surface area (Å²) >= 11 is 1.28. The Kier molecular flexibility index (Phi) is 8.44. The van der Waals surface area contributed by atoms with Gasteiger partial charge in [-0.15, -0.1) is 10.2 Å². The fourth-order valence-corrected chi connectivity index (χ4v) is 3.33. The zero-order valence-corrected chi connectivity index (χ0v) is 17.1. The number of carbonyl (C=O) groups excluding carboxylic acids is 1. The average molecular weight is 392 g/mol. The molecule has 0 radical (unpaired) electrons. The number of hydrogen-bond donors (Lipinski definition) is 2. The molecule has 1 aromatic heterocycles. The number of amides is 1. The average Bonchev–Trinajstić information content (AvgIpc) is 3.02. The minimum absolute atomic E-state index is 0.0189. The topological polar surface area (TPSA) is 95.1 Å². The molecular formula is C19H29N5O2S. The van der Waals surface area contributed by atoms with E-state index < -0.39 is 0 Å². The molecule has 7 nitrogen and oxygen atoms in total. The van der Waals surface area contributed by atoms with Crippen molar-refractivity contribution in [1.82, 2.24) is 20.2 Å². The van der Waals surface area contributed by atoms with Gasteiger partial charge in [-0.1, -0.05) is 37.9 Å². The van der Waals surface area contributed by atoms with Crippen LogP contribution in [0.5, 0.6) is 5.75 Å². The zero-order valence-electron chi connectivity index (χ0n) is 16.3. The first-order valence-corrected chi connectivity index (χ1v) is 10.4. The van der Waals surface area contributed by atoms with E-state index in [9.17, 15) is 4.79 Å². The summed E-state index contributed by atoms with van der Waals surface area (Å²) in [5.74, 6) is 7.70. The van der Waals surface area contributed by atoms with Crippen LogP contribution in [0.4, 0.5) is 0 Å². The van der Waals surface area contributed by atoms with E-state index in [0.717, 1.165) is 24.2 Å². The molecule has 0 spiro atoms. The van der Waals surface area contributed by atoms with Crippen LogP contribution in [0.1, 0.15) is 46.5 Å². The van der Waals surface area contributed by atoms with E-state index in [1.54, 1.807) is 0 Å². The number of ether oxygens (including phenoxy) is 1. The van der Waals surface area contributed by atoms with Crippen LogP contribution in [0.2, 0.25) is 0 Å². The molecule has 0 saturated carbocycles. The van der Waals surface area contributed by atoms with E-state index in [1.165, 1.54) is 29.3 Å². The third-order valence-corrected chi connectivity index (χ3v) is 5.01. The molecule has 27 heavy (non-hydrogen) atoms. The van der Waals surface area contributed by atoms with Crippen molar-refractivity contribution in [2.45, 2.75) is 57.7 Å². The highest BCUT2D eigenvalue weighted by Crippen LogP contribution is 2.23. The first-order valence-electron chi connectivity index (χ1n) is 9.41. The van der Waals surface area contributed by atoms with Crippen molar-refractivity contribution in [2.75, 3.05) is 18.2 Å². The lowest BCUT2D eigenvalue weighted by Gasteiger charge is -2.13. The van der Waals surface area contributed by atoms with Gasteiger partial charge >= 0.3 is 0 Å². The summed E-state index contributed by atoms with van der Waals surface area (Å²) in [5, 5.41) is 11.8. The maximum Gasteiger partial charge on any atom is 0.230 e. The van der Waals surface area contributed by atoms with E-state index in [1.807, 2.05) is 38.1 Å². The van der Waals surface area contributed by atoms with E-state index in [0.29, 0.717) is 17.6 Å². The van der Waals surface area contributed by atoms with Gasteiger partial charge in [-0.25, -0.2) is 4.68 Å². The number of unbranched alkanes of at least 4 members (excludes halogenated alkanes) is 2. The van der Waals surface area contributed by atoms with Crippen LogP contribution in [-0.2, 0) is 4.79 Å². The van der Waals surface area contributed by atoms with Gasteiger partial charge in [0, 0.05) is 11.6 Å². The second kappa shape index (κ2) is 10.8. The second-order valence-electron chi connectivity index (χ2n) is 6.39. The number of aromatic nitrogens is 3. The Labute approximate surface area is 165 Å². The highest BCUT2D eigenvalue weighted by molar-refractivity contribution is 7.99. The van der Waals surface area contributed by atoms with Crippen molar-refractivity contribution in [1.29, 1.82) is 0 Å². The molecule has 0 fully saturated rings. The summed E-state index contributed by atoms with van der Waals surface area (Å²) in [5.41, 5.74) is 0.842. The summed E-state index contributed by atoms with van der Waals surface area (Å²) in [6.07, 6.45) is 4.51. The van der Waals surface area contributed by atoms with Crippen molar-refractivity contribution in [3.63, 3.8) is 0 Å². The van der Waals surface area contributed by atoms with Gasteiger partial charge in [0.05, 0.1) is 12.4 Å². The molecule has 0 bridgehead atoms. The maximum atomic E-state index is 12.1. The molecule has 1 aromatic carbocycles. The minimum atomic E-state index is -0.0189. The lowest BCUT2D eigenvalue weighted by atomic mass is 10.1. The fraction of sp³-hybridized carbons (Fsp3) is 0.526. The smallest absolute Gasteiger partial charge is 0.230 e. The van der Waals surface area contributed by atoms with Crippen LogP contribution in [0.3, 0.4) is 0 Å². The predicted octanol–water partition coefficient (Wildman–Crippen LogP) is 3.23. The molecule has 1 heterocycles. The van der Waals surface area contributed by atoms with Gasteiger partial charge in [0.1, 0.15) is 5.75 Å². The Hall–Kier alpha value is -2.22. The number of nitrogens with two attached hydrogens (primary N) is 1. The maximum absolute atomic E-state index is 12.1. The molecule has 0 aliphatic heterocycles. The van der Waals surface area contributed by atoms with Gasteiger partial charge in [-0.05, 0) is 44.5 Å². The molecule has 8 heteroatoms. The van der Waals surface area contributed by atoms with E-state index in [4.69, 9.17) is 10.6 Å². The first kappa shape index (κ1) is 21.1. The van der Waals surface area contributed by atoms with Crippen LogP contribution >= 0.6 is 11.8 Å². The minimum Gasteiger partial charge on any atom is -0.494 e. The van der Waals surface area contributed by atoms with Gasteiger partial charge in [-0.2, -0.15) is 0 Å². The molecule has 1 amide bonds. The summed E-state index contributed by atoms with van der Waals surface area (Å²) in [6, 6.07) is 7.69. The lowest BCUT2D eigenvalue weighted by Crippen LogP contribution is -2.33. The van der Waals surface area contributed by atoms with E-state index in [-0.39, 0.29) is 17.7 Å². The van der Waals surface area contributed by atoms with Crippen LogP contribution in [0, 0.1) is 0 Å². The molecule has 2 aromatic rings. The summed E-state index contributed by atoms with van der Waals surface area (Å²) in [7, 11) is 0. The van der Waals surface area contributed by atoms with Gasteiger partial charge in [0.25, 0.3) is 0 Å². The van der Waals surface area contributed by atoms with Crippen molar-refractivity contribution in [3.8, 4) is 17.1 Å². The molecule has 0 aliphatic rings. The van der Waals surface area contributed by atoms with Crippen LogP contribution in [0.25, 0.3) is 11.4 Å². The predicted molar refractivity (Wildman–Crippen MR) is 109 cm³/mol. The summed E-state index contributed by atoms with van der Waals surface area (Å²) < 4.78 is 6.85. The Balaban J connectivity index is 1.88. The number of benzene rings is 1. The quantitative estimate of drug-likeness (QED) is 0.347. The first-order chi connectivity index (χ1) is 13.0. The molecule has 3 N–H and O–H groups in total. The molecule has 2 rings (SSSR count). The van der Waals surface area contributed by atoms with Crippen LogP contribution < -0.4 is 15.9 Å². The highest BCUT2D eigenvalue weighted by atomic mass is 32.2. The van der Waals surface area contributed by atoms with Crippen molar-refractivity contribution >= 4 is 17.7 Å². The largest absolute Gasteiger partial charge is 0.494 e. The molecular weight excluding hydrogens is 362 g/mol. The van der Waals surface area contributed by atoms with Gasteiger partial charge < -0.3 is 15.9 Å². The molecule has 148 valence electrons. The Morgan fingerprint density at radius 2 is 2.00 bits per heavy atom. The lowest BCUT2D eigenvalue weighted by molar-refractivity contribution is -0.119. The van der Waals surface area contributed by atoms with Crippen LogP contribution in [0.15, 0.2) is 29.4 Å². The Bertz CT molecular complexity index is 717. The normalized spacial score (nSPS) is 12.0. The summed E-state index contributed by atoms with van der Waals surface area (Å²) in [6.45, 7) is 6.76. The van der Waals surface area contributed by atoms with Crippen LogP contribution in [-0.4, -0.2) is 39.2 Å². The van der Waals surface area contributed by atoms with Gasteiger partial charge in [0.15, 0.2) is 5.82 Å². The van der Waals surface area contributed by atoms with Gasteiger partial charge in [0.2, 0.25) is 11.1 Å². The number of nitrogens with one attached hydrogen (secondary N) is 1. The number of hydrogen-bond acceptors (Lipinski definition) is 6. The van der Waals surface area contributed by atoms with Crippen molar-refractivity contribution < 1.29 is 9.53 Å². The standard InChI is InChI=1S/C19H29N5O2S/c1-4-6-7-8-14(3)21-17(25)13-27-19-23-22-18(24(19)20)15-9-11-16(12-10-15)26-5-2/h9-12,14H,4-8,13,20H2,1-3H3,(H,21,25). The highest BCUT2D eigenvalue weighted by Gasteiger charge is 2.14. The van der Waals surface area contributed by atoms with E-state index in [2.05, 4.69) is 22.4 Å². The van der Waals surface area contributed by atoms with Crippen molar-refractivity contribution in [2.24, 2.45) is 0 Å². The zero-order chi connectivity index (χ0) is 19.6. The van der Waals surface area contributed by atoms with E-state index >= 15 is 0 Å². The second-order valence-corrected chi connectivity index (χ2v) is 7.33. The molecule has 0 aliphatic carbocycles. The fourth-order valence-electron chi connectivity index (χ4n) is 2.66. The molecule has 1 atom stereocenters. The number of carbonyl (C=O) groups is 1. The number of rotatable bonds is 11. The third kappa shape index (κ3) is 6.46.